The van der Waals surface area contributed by atoms with Crippen LogP contribution in [-0.2, 0) is 10.2 Å². The fraction of sp³-hybridized carbons (Fsp3) is 0.500. The van der Waals surface area contributed by atoms with Crippen molar-refractivity contribution in [2.24, 2.45) is 0 Å². The van der Waals surface area contributed by atoms with E-state index in [1.165, 1.54) is 0 Å². The van der Waals surface area contributed by atoms with Crippen LogP contribution in [0, 0.1) is 0 Å². The number of carbonyl (C=O) groups excluding carboxylic acids is 1. The molecule has 3 aromatic rings. The first-order chi connectivity index (χ1) is 12.9. The van der Waals surface area contributed by atoms with Crippen molar-refractivity contribution in [3.63, 3.8) is 0 Å². The van der Waals surface area contributed by atoms with Gasteiger partial charge in [-0.05, 0) is 12.8 Å². The van der Waals surface area contributed by atoms with Crippen molar-refractivity contribution in [2.45, 2.75) is 44.9 Å². The first kappa shape index (κ1) is 17.4. The Morgan fingerprint density at radius 3 is 2.67 bits per heavy atom. The number of H-pyrrole nitrogens is 1. The van der Waals surface area contributed by atoms with E-state index >= 15 is 0 Å². The van der Waals surface area contributed by atoms with Crippen LogP contribution in [0.15, 0.2) is 21.6 Å². The smallest absolute Gasteiger partial charge is 0.263 e. The van der Waals surface area contributed by atoms with E-state index < -0.39 is 0 Å². The van der Waals surface area contributed by atoms with Gasteiger partial charge in [0.05, 0.1) is 11.9 Å². The second-order valence-electron chi connectivity index (χ2n) is 7.97. The van der Waals surface area contributed by atoms with Gasteiger partial charge >= 0.3 is 0 Å². The summed E-state index contributed by atoms with van der Waals surface area (Å²) in [5, 5.41) is 8.51. The summed E-state index contributed by atoms with van der Waals surface area (Å²) in [6.45, 7) is 7.36. The quantitative estimate of drug-likeness (QED) is 0.703. The highest BCUT2D eigenvalue weighted by atomic mass is 16.5. The maximum Gasteiger partial charge on any atom is 0.263 e. The van der Waals surface area contributed by atoms with Crippen LogP contribution >= 0.6 is 0 Å². The first-order valence-electron chi connectivity index (χ1n) is 9.01. The fourth-order valence-corrected chi connectivity index (χ4v) is 3.40. The molecule has 9 heteroatoms. The zero-order valence-electron chi connectivity index (χ0n) is 15.6. The van der Waals surface area contributed by atoms with Gasteiger partial charge in [-0.1, -0.05) is 25.9 Å². The number of carbonyl (C=O) groups is 1. The molecule has 0 bridgehead atoms. The summed E-state index contributed by atoms with van der Waals surface area (Å²) >= 11 is 0. The number of hydrogen-bond donors (Lipinski definition) is 1. The summed E-state index contributed by atoms with van der Waals surface area (Å²) in [6.07, 6.45) is 4.09. The molecule has 0 unspecified atom stereocenters. The van der Waals surface area contributed by atoms with Crippen LogP contribution < -0.4 is 5.56 Å². The largest absolute Gasteiger partial charge is 0.345 e. The van der Waals surface area contributed by atoms with E-state index in [9.17, 15) is 9.59 Å². The molecule has 1 aliphatic rings. The monoisotopic (exact) mass is 370 g/mol. The highest BCUT2D eigenvalue weighted by molar-refractivity contribution is 5.71. The van der Waals surface area contributed by atoms with Gasteiger partial charge in [-0.15, -0.1) is 0 Å². The zero-order chi connectivity index (χ0) is 19.2. The van der Waals surface area contributed by atoms with Crippen LogP contribution in [0.25, 0.3) is 17.1 Å². The molecule has 4 heterocycles. The third-order valence-corrected chi connectivity index (χ3v) is 4.96. The number of fused-ring (bicyclic) bond motifs is 1. The third kappa shape index (κ3) is 3.13. The molecule has 0 atom stereocenters. The molecule has 0 radical (unpaired) electrons. The molecular formula is C18H22N6O3. The Hall–Kier alpha value is -2.97. The predicted octanol–water partition coefficient (Wildman–Crippen LogP) is 1.71. The maximum absolute atomic E-state index is 12.3. The minimum Gasteiger partial charge on any atom is -0.345 e. The van der Waals surface area contributed by atoms with Crippen molar-refractivity contribution >= 4 is 12.1 Å². The van der Waals surface area contributed by atoms with Crippen molar-refractivity contribution in [2.75, 3.05) is 13.1 Å². The molecule has 0 aliphatic carbocycles. The van der Waals surface area contributed by atoms with Gasteiger partial charge in [0, 0.05) is 30.5 Å². The molecule has 142 valence electrons. The molecular weight excluding hydrogens is 348 g/mol. The van der Waals surface area contributed by atoms with E-state index in [1.807, 2.05) is 20.8 Å². The second-order valence-corrected chi connectivity index (χ2v) is 7.97. The molecule has 1 aliphatic heterocycles. The molecule has 1 saturated heterocycles. The Morgan fingerprint density at radius 2 is 2.04 bits per heavy atom. The number of aromatic nitrogens is 5. The molecule has 0 saturated carbocycles. The number of nitrogens with one attached hydrogen (secondary N) is 1. The minimum atomic E-state index is -0.240. The van der Waals surface area contributed by atoms with Crippen molar-refractivity contribution in [3.8, 4) is 11.5 Å². The van der Waals surface area contributed by atoms with Crippen LogP contribution in [-0.4, -0.2) is 49.1 Å². The fourth-order valence-electron chi connectivity index (χ4n) is 3.40. The number of nitrogens with zero attached hydrogens (tertiary/aromatic N) is 5. The van der Waals surface area contributed by atoms with Crippen molar-refractivity contribution in [1.82, 2.24) is 29.6 Å². The summed E-state index contributed by atoms with van der Waals surface area (Å²) in [6, 6.07) is 1.58. The van der Waals surface area contributed by atoms with Gasteiger partial charge in [-0.25, -0.2) is 4.52 Å². The van der Waals surface area contributed by atoms with Gasteiger partial charge in [-0.2, -0.15) is 10.1 Å². The van der Waals surface area contributed by atoms with E-state index in [0.29, 0.717) is 36.0 Å². The van der Waals surface area contributed by atoms with Crippen LogP contribution in [0.5, 0.6) is 0 Å². The second kappa shape index (κ2) is 6.33. The van der Waals surface area contributed by atoms with Crippen LogP contribution in [0.4, 0.5) is 0 Å². The lowest BCUT2D eigenvalue weighted by molar-refractivity contribution is -0.119. The topological polar surface area (TPSA) is 109 Å². The van der Waals surface area contributed by atoms with E-state index in [0.717, 1.165) is 24.9 Å². The lowest BCUT2D eigenvalue weighted by atomic mass is 9.93. The van der Waals surface area contributed by atoms with Gasteiger partial charge in [-0.3, -0.25) is 9.59 Å². The van der Waals surface area contributed by atoms with Gasteiger partial charge in [0.1, 0.15) is 11.2 Å². The van der Waals surface area contributed by atoms with Gasteiger partial charge in [0.2, 0.25) is 6.41 Å². The Balaban J connectivity index is 1.76. The van der Waals surface area contributed by atoms with Crippen molar-refractivity contribution < 1.29 is 9.32 Å². The molecule has 0 aromatic carbocycles. The zero-order valence-corrected chi connectivity index (χ0v) is 15.6. The standard InChI is InChI=1S/C18H22N6O3/c1-18(2,3)17-21-16(27-22-17)12-9-19-24-13(8-14(26)20-15(12)24)11-4-6-23(10-25)7-5-11/h8-11H,4-7H2,1-3H3,(H,20,26). The van der Waals surface area contributed by atoms with E-state index in [2.05, 4.69) is 20.2 Å². The average Bonchev–Trinajstić information content (AvgIpc) is 3.27. The van der Waals surface area contributed by atoms with Crippen molar-refractivity contribution in [1.29, 1.82) is 0 Å². The van der Waals surface area contributed by atoms with Crippen LogP contribution in [0.1, 0.15) is 51.0 Å². The Labute approximate surface area is 155 Å². The Morgan fingerprint density at radius 1 is 1.30 bits per heavy atom. The summed E-state index contributed by atoms with van der Waals surface area (Å²) in [5.74, 6) is 1.08. The van der Waals surface area contributed by atoms with Crippen LogP contribution in [0.3, 0.4) is 0 Å². The lowest BCUT2D eigenvalue weighted by Crippen LogP contribution is -2.32. The normalized spacial score (nSPS) is 16.2. The van der Waals surface area contributed by atoms with Gasteiger partial charge in [0.15, 0.2) is 5.82 Å². The van der Waals surface area contributed by atoms with Crippen LogP contribution in [0.2, 0.25) is 0 Å². The number of aromatic amines is 1. The molecule has 4 rings (SSSR count). The first-order valence-corrected chi connectivity index (χ1v) is 9.01. The number of amides is 1. The highest BCUT2D eigenvalue weighted by Gasteiger charge is 2.26. The van der Waals surface area contributed by atoms with Gasteiger partial charge < -0.3 is 14.4 Å². The molecule has 0 spiro atoms. The number of likely N-dealkylation sites (tertiary alicyclic amines) is 1. The molecule has 1 fully saturated rings. The van der Waals surface area contributed by atoms with Gasteiger partial charge in [0.25, 0.3) is 11.4 Å². The average molecular weight is 370 g/mol. The number of hydrogen-bond acceptors (Lipinski definition) is 6. The Kier molecular flexibility index (Phi) is 4.09. The Bertz CT molecular complexity index is 1030. The highest BCUT2D eigenvalue weighted by Crippen LogP contribution is 2.30. The predicted molar refractivity (Wildman–Crippen MR) is 97.4 cm³/mol. The van der Waals surface area contributed by atoms with E-state index in [1.54, 1.807) is 21.7 Å². The SMILES string of the molecule is CC(C)(C)c1noc(-c2cnn3c(C4CCN(C=O)CC4)cc(=O)[nH]c23)n1. The van der Waals surface area contributed by atoms with E-state index in [-0.39, 0.29) is 16.9 Å². The summed E-state index contributed by atoms with van der Waals surface area (Å²) in [7, 11) is 0. The van der Waals surface area contributed by atoms with Crippen molar-refractivity contribution in [3.05, 3.63) is 34.1 Å². The third-order valence-electron chi connectivity index (χ3n) is 4.96. The maximum atomic E-state index is 12.3. The summed E-state index contributed by atoms with van der Waals surface area (Å²) < 4.78 is 7.15. The number of rotatable bonds is 3. The van der Waals surface area contributed by atoms with E-state index in [4.69, 9.17) is 4.52 Å². The molecule has 1 amide bonds. The molecule has 9 nitrogen and oxygen atoms in total. The molecule has 27 heavy (non-hydrogen) atoms. The lowest BCUT2D eigenvalue weighted by Gasteiger charge is -2.29. The molecule has 3 aromatic heterocycles. The number of piperidine rings is 1. The summed E-state index contributed by atoms with van der Waals surface area (Å²) in [4.78, 5) is 32.3. The summed E-state index contributed by atoms with van der Waals surface area (Å²) in [5.41, 5.74) is 1.53. The minimum absolute atomic E-state index is 0.159. The molecule has 1 N–H and O–H groups in total.